The average molecular weight is 262 g/mol. The summed E-state index contributed by atoms with van der Waals surface area (Å²) in [7, 11) is 0.749. The maximum Gasteiger partial charge on any atom is 0.467 e. The number of hydroxylamine groups is 1. The third-order valence-corrected chi connectivity index (χ3v) is 4.39. The normalized spacial score (nSPS) is 11.6. The fourth-order valence-electron chi connectivity index (χ4n) is 0.885. The van der Waals surface area contributed by atoms with E-state index in [1.807, 2.05) is 12.3 Å². The summed E-state index contributed by atoms with van der Waals surface area (Å²) in [5.41, 5.74) is 1.00. The Hall–Kier alpha value is -0.740. The van der Waals surface area contributed by atoms with Crippen molar-refractivity contribution in [3.63, 3.8) is 0 Å². The van der Waals surface area contributed by atoms with Gasteiger partial charge in [0, 0.05) is 11.9 Å². The van der Waals surface area contributed by atoms with Crippen LogP contribution in [0.3, 0.4) is 0 Å². The van der Waals surface area contributed by atoms with Gasteiger partial charge in [0.25, 0.3) is 0 Å². The summed E-state index contributed by atoms with van der Waals surface area (Å²) in [5, 5.41) is 19.5. The molecule has 80 valence electrons. The molecule has 1 aromatic rings. The molecule has 4 nitrogen and oxygen atoms in total. The van der Waals surface area contributed by atoms with Gasteiger partial charge >= 0.3 is 6.19 Å². The van der Waals surface area contributed by atoms with Crippen LogP contribution in [0.1, 0.15) is 5.56 Å². The molecule has 0 fully saturated rings. The molecule has 0 aliphatic carbocycles. The van der Waals surface area contributed by atoms with E-state index in [2.05, 4.69) is 4.98 Å². The Balaban J connectivity index is 2.85. The first kappa shape index (κ1) is 12.3. The van der Waals surface area contributed by atoms with E-state index < -0.39 is 0 Å². The molecule has 0 aliphatic heterocycles. The van der Waals surface area contributed by atoms with E-state index in [1.54, 1.807) is 12.3 Å². The molecule has 0 spiro atoms. The largest absolute Gasteiger partial charge is 0.628 e. The molecule has 15 heavy (non-hydrogen) atoms. The van der Waals surface area contributed by atoms with Crippen LogP contribution in [0.2, 0.25) is 5.15 Å². The molecule has 0 saturated heterocycles. The van der Waals surface area contributed by atoms with Crippen LogP contribution in [0.4, 0.5) is 0 Å². The van der Waals surface area contributed by atoms with Crippen molar-refractivity contribution in [1.82, 2.24) is 4.98 Å². The summed E-state index contributed by atoms with van der Waals surface area (Å²) in [6, 6.07) is 3.57. The fourth-order valence-corrected chi connectivity index (χ4v) is 3.31. The monoisotopic (exact) mass is 261 g/mol. The Morgan fingerprint density at radius 2 is 2.47 bits per heavy atom. The zero-order valence-corrected chi connectivity index (χ0v) is 10.3. The van der Waals surface area contributed by atoms with E-state index in [4.69, 9.17) is 16.9 Å². The maximum atomic E-state index is 10.8. The SMILES string of the molecule is CS(Cc1ccc(Cl)nc1)=S=[N+]([O-])C#N. The van der Waals surface area contributed by atoms with Crippen molar-refractivity contribution in [2.45, 2.75) is 5.75 Å². The predicted molar refractivity (Wildman–Crippen MR) is 62.8 cm³/mol. The number of hydrogen-bond donors (Lipinski definition) is 0. The van der Waals surface area contributed by atoms with Gasteiger partial charge in [-0.3, -0.25) is 0 Å². The van der Waals surface area contributed by atoms with Crippen LogP contribution in [-0.2, 0) is 25.3 Å². The van der Waals surface area contributed by atoms with Crippen LogP contribution in [0.25, 0.3) is 0 Å². The van der Waals surface area contributed by atoms with Crippen LogP contribution in [0.15, 0.2) is 18.3 Å². The number of hydrogen-bond acceptors (Lipinski definition) is 3. The van der Waals surface area contributed by atoms with E-state index in [0.717, 1.165) is 15.7 Å². The van der Waals surface area contributed by atoms with Crippen molar-refractivity contribution in [1.29, 1.82) is 5.26 Å². The molecule has 0 aliphatic rings. The van der Waals surface area contributed by atoms with Gasteiger partial charge in [-0.15, -0.1) is 0 Å². The van der Waals surface area contributed by atoms with Gasteiger partial charge in [0.05, 0.1) is 10.1 Å². The van der Waals surface area contributed by atoms with Gasteiger partial charge in [0.1, 0.15) is 5.15 Å². The number of rotatable bonds is 2. The van der Waals surface area contributed by atoms with Crippen molar-refractivity contribution < 1.29 is 4.11 Å². The highest BCUT2D eigenvalue weighted by molar-refractivity contribution is 8.30. The summed E-state index contributed by atoms with van der Waals surface area (Å²) in [5.74, 6) is 0.704. The zero-order valence-electron chi connectivity index (χ0n) is 7.88. The Labute approximate surface area is 98.0 Å². The molecule has 0 amide bonds. The first-order chi connectivity index (χ1) is 7.11. The van der Waals surface area contributed by atoms with Gasteiger partial charge < -0.3 is 5.21 Å². The number of nitrogens with zero attached hydrogens (tertiary/aromatic N) is 3. The molecule has 7 heteroatoms. The average Bonchev–Trinajstić information content (AvgIpc) is 2.21. The van der Waals surface area contributed by atoms with E-state index in [-0.39, 0.29) is 9.45 Å². The first-order valence-electron chi connectivity index (χ1n) is 3.90. The lowest BCUT2D eigenvalue weighted by molar-refractivity contribution is -0.323. The van der Waals surface area contributed by atoms with E-state index >= 15 is 0 Å². The molecular formula is C8H8ClN3OS2. The van der Waals surface area contributed by atoms with Crippen LogP contribution in [0, 0.1) is 16.7 Å². The highest BCUT2D eigenvalue weighted by Gasteiger charge is 1.95. The fraction of sp³-hybridized carbons (Fsp3) is 0.250. The van der Waals surface area contributed by atoms with Gasteiger partial charge in [-0.25, -0.2) is 4.98 Å². The van der Waals surface area contributed by atoms with Gasteiger partial charge in [-0.05, 0) is 17.9 Å². The molecule has 1 heterocycles. The lowest BCUT2D eigenvalue weighted by Crippen LogP contribution is -1.96. The highest BCUT2D eigenvalue weighted by Crippen LogP contribution is 2.06. The van der Waals surface area contributed by atoms with Crippen molar-refractivity contribution >= 4 is 31.2 Å². The molecule has 1 unspecified atom stereocenters. The van der Waals surface area contributed by atoms with Crippen LogP contribution >= 0.6 is 11.6 Å². The topological polar surface area (TPSA) is 62.8 Å². The molecule has 0 bridgehead atoms. The quantitative estimate of drug-likeness (QED) is 0.267. The smallest absolute Gasteiger partial charge is 0.467 e. The molecule has 0 radical (unpaired) electrons. The van der Waals surface area contributed by atoms with Crippen molar-refractivity contribution in [3.05, 3.63) is 34.3 Å². The minimum atomic E-state index is -0.233. The standard InChI is InChI=1S/C8H8ClN3OS2/c1-15(14-12(13)6-10)5-7-2-3-8(9)11-4-7/h2-4H,5H2,1H3. The minimum Gasteiger partial charge on any atom is -0.628 e. The lowest BCUT2D eigenvalue weighted by atomic mass is 10.3. The van der Waals surface area contributed by atoms with Gasteiger partial charge in [-0.1, -0.05) is 27.1 Å². The summed E-state index contributed by atoms with van der Waals surface area (Å²) in [6.07, 6.45) is 5.08. The van der Waals surface area contributed by atoms with Gasteiger partial charge in [-0.2, -0.15) is 4.11 Å². The van der Waals surface area contributed by atoms with E-state index in [9.17, 15) is 5.21 Å². The third kappa shape index (κ3) is 4.53. The van der Waals surface area contributed by atoms with Crippen LogP contribution in [-0.4, -0.2) is 15.3 Å². The van der Waals surface area contributed by atoms with Gasteiger partial charge in [0.2, 0.25) is 0 Å². The maximum absolute atomic E-state index is 10.8. The molecule has 1 rings (SSSR count). The number of nitriles is 1. The molecule has 0 saturated carbocycles. The van der Waals surface area contributed by atoms with Crippen molar-refractivity contribution in [2.24, 2.45) is 0 Å². The third-order valence-electron chi connectivity index (χ3n) is 1.44. The lowest BCUT2D eigenvalue weighted by Gasteiger charge is -1.99. The summed E-state index contributed by atoms with van der Waals surface area (Å²) >= 11 is 5.64. The zero-order chi connectivity index (χ0) is 11.3. The summed E-state index contributed by atoms with van der Waals surface area (Å²) in [6.45, 7) is 0. The molecule has 1 aromatic heterocycles. The molecular weight excluding hydrogens is 254 g/mol. The second kappa shape index (κ2) is 5.98. The minimum absolute atomic E-state index is 0.233. The van der Waals surface area contributed by atoms with Crippen molar-refractivity contribution in [2.75, 3.05) is 6.26 Å². The highest BCUT2D eigenvalue weighted by atomic mass is 35.5. The number of aromatic nitrogens is 1. The second-order valence-electron chi connectivity index (χ2n) is 2.64. The Morgan fingerprint density at radius 1 is 1.73 bits per heavy atom. The molecule has 0 aromatic carbocycles. The van der Waals surface area contributed by atoms with Gasteiger partial charge in [0.15, 0.2) is 5.26 Å². The predicted octanol–water partition coefficient (Wildman–Crippen LogP) is 1.66. The Morgan fingerprint density at radius 3 is 3.00 bits per heavy atom. The second-order valence-corrected chi connectivity index (χ2v) is 7.10. The Kier molecular flexibility index (Phi) is 4.91. The first-order valence-corrected chi connectivity index (χ1v) is 7.37. The van der Waals surface area contributed by atoms with Crippen LogP contribution < -0.4 is 0 Å². The van der Waals surface area contributed by atoms with E-state index in [0.29, 0.717) is 15.0 Å². The number of halogens is 1. The van der Waals surface area contributed by atoms with E-state index in [1.165, 1.54) is 6.19 Å². The molecule has 0 N–H and O–H groups in total. The van der Waals surface area contributed by atoms with Crippen molar-refractivity contribution in [3.8, 4) is 6.19 Å². The number of pyridine rings is 1. The Bertz CT molecular complexity index is 460. The summed E-state index contributed by atoms with van der Waals surface area (Å²) < 4.78 is 0.312. The summed E-state index contributed by atoms with van der Waals surface area (Å²) in [4.78, 5) is 3.94. The van der Waals surface area contributed by atoms with Crippen LogP contribution in [0.5, 0.6) is 0 Å². The molecule has 1 atom stereocenters.